The second kappa shape index (κ2) is 6.26. The minimum absolute atomic E-state index is 0.0474. The van der Waals surface area contributed by atoms with E-state index in [0.29, 0.717) is 23.1 Å². The molecule has 0 radical (unpaired) electrons. The third-order valence-corrected chi connectivity index (χ3v) is 7.03. The highest BCUT2D eigenvalue weighted by atomic mass is 32.2. The number of benzene rings is 2. The van der Waals surface area contributed by atoms with Crippen LogP contribution in [0.15, 0.2) is 70.3 Å². The average Bonchev–Trinajstić information content (AvgIpc) is 2.99. The van der Waals surface area contributed by atoms with E-state index in [1.165, 1.54) is 0 Å². The van der Waals surface area contributed by atoms with Gasteiger partial charge >= 0.3 is 0 Å². The van der Waals surface area contributed by atoms with Crippen LogP contribution in [-0.4, -0.2) is 26.2 Å². The molecule has 2 aromatic rings. The predicted octanol–water partition coefficient (Wildman–Crippen LogP) is 3.39. The Morgan fingerprint density at radius 2 is 1.59 bits per heavy atom. The predicted molar refractivity (Wildman–Crippen MR) is 109 cm³/mol. The number of nitrogens with one attached hydrogen (secondary N) is 1. The SMILES string of the molecule is CS(=O)(=O)c1ccc(C2C3=C(CCCC3=O)NC3=C2C(=O)c2ccccc23)cc1. The smallest absolute Gasteiger partial charge is 0.192 e. The van der Waals surface area contributed by atoms with Crippen LogP contribution in [0.5, 0.6) is 0 Å². The molecule has 0 fully saturated rings. The van der Waals surface area contributed by atoms with Gasteiger partial charge in [0.2, 0.25) is 0 Å². The maximum Gasteiger partial charge on any atom is 0.192 e. The van der Waals surface area contributed by atoms with Crippen molar-refractivity contribution in [3.05, 3.63) is 82.1 Å². The maximum absolute atomic E-state index is 13.3. The lowest BCUT2D eigenvalue weighted by atomic mass is 9.75. The molecule has 5 nitrogen and oxygen atoms in total. The van der Waals surface area contributed by atoms with E-state index in [4.69, 9.17) is 0 Å². The zero-order chi connectivity index (χ0) is 20.3. The number of hydrogen-bond donors (Lipinski definition) is 1. The minimum atomic E-state index is -3.33. The third-order valence-electron chi connectivity index (χ3n) is 5.91. The van der Waals surface area contributed by atoms with Crippen molar-refractivity contribution >= 4 is 27.1 Å². The summed E-state index contributed by atoms with van der Waals surface area (Å²) in [6, 6.07) is 14.0. The lowest BCUT2D eigenvalue weighted by Gasteiger charge is -2.33. The molecule has 0 saturated heterocycles. The minimum Gasteiger partial charge on any atom is -0.358 e. The molecule has 1 unspecified atom stereocenters. The van der Waals surface area contributed by atoms with Gasteiger partial charge in [-0.25, -0.2) is 8.42 Å². The molecule has 1 aliphatic heterocycles. The van der Waals surface area contributed by atoms with Gasteiger partial charge in [0.25, 0.3) is 0 Å². The summed E-state index contributed by atoms with van der Waals surface area (Å²) in [6.45, 7) is 0. The molecule has 29 heavy (non-hydrogen) atoms. The molecular formula is C23H19NO4S. The summed E-state index contributed by atoms with van der Waals surface area (Å²) in [5.74, 6) is -0.515. The molecule has 6 heteroatoms. The van der Waals surface area contributed by atoms with Gasteiger partial charge in [-0.1, -0.05) is 36.4 Å². The van der Waals surface area contributed by atoms with Crippen molar-refractivity contribution in [1.82, 2.24) is 5.32 Å². The van der Waals surface area contributed by atoms with Crippen LogP contribution in [0.2, 0.25) is 0 Å². The number of rotatable bonds is 2. The molecule has 5 rings (SSSR count). The standard InChI is InChI=1S/C23H19NO4S/c1-29(27,28)14-11-9-13(10-12-14)19-20-17(7-4-8-18(20)25)24-22-15-5-2-3-6-16(15)23(26)21(19)22/h2-3,5-6,9-12,19,24H,4,7-8H2,1H3. The first-order chi connectivity index (χ1) is 13.9. The van der Waals surface area contributed by atoms with Crippen molar-refractivity contribution < 1.29 is 18.0 Å². The molecule has 1 N–H and O–H groups in total. The summed E-state index contributed by atoms with van der Waals surface area (Å²) in [4.78, 5) is 26.4. The number of hydrogen-bond acceptors (Lipinski definition) is 5. The van der Waals surface area contributed by atoms with Crippen LogP contribution in [0.1, 0.15) is 46.7 Å². The first-order valence-corrected chi connectivity index (χ1v) is 11.5. The Hall–Kier alpha value is -2.99. The van der Waals surface area contributed by atoms with Crippen LogP contribution in [0.3, 0.4) is 0 Å². The average molecular weight is 405 g/mol. The van der Waals surface area contributed by atoms with Gasteiger partial charge in [-0.3, -0.25) is 9.59 Å². The molecule has 0 bridgehead atoms. The number of sulfone groups is 1. The molecule has 1 atom stereocenters. The fourth-order valence-corrected chi connectivity index (χ4v) is 5.21. The molecule has 0 spiro atoms. The Morgan fingerprint density at radius 3 is 2.28 bits per heavy atom. The number of dihydropyridines is 1. The molecule has 0 saturated carbocycles. The van der Waals surface area contributed by atoms with Gasteiger partial charge in [0.1, 0.15) is 0 Å². The van der Waals surface area contributed by atoms with E-state index in [1.807, 2.05) is 24.3 Å². The number of allylic oxidation sites excluding steroid dienone is 3. The summed E-state index contributed by atoms with van der Waals surface area (Å²) in [6.07, 6.45) is 3.16. The van der Waals surface area contributed by atoms with E-state index in [0.717, 1.165) is 41.6 Å². The quantitative estimate of drug-likeness (QED) is 0.828. The monoisotopic (exact) mass is 405 g/mol. The first-order valence-electron chi connectivity index (χ1n) is 9.58. The molecular weight excluding hydrogens is 386 g/mol. The third kappa shape index (κ3) is 2.70. The van der Waals surface area contributed by atoms with Crippen molar-refractivity contribution in [2.24, 2.45) is 0 Å². The topological polar surface area (TPSA) is 80.3 Å². The second-order valence-electron chi connectivity index (χ2n) is 7.73. The normalized spacial score (nSPS) is 20.9. The van der Waals surface area contributed by atoms with Crippen molar-refractivity contribution in [3.63, 3.8) is 0 Å². The zero-order valence-corrected chi connectivity index (χ0v) is 16.7. The Morgan fingerprint density at radius 1 is 0.897 bits per heavy atom. The lowest BCUT2D eigenvalue weighted by Crippen LogP contribution is -2.31. The Kier molecular flexibility index (Phi) is 3.90. The van der Waals surface area contributed by atoms with Gasteiger partial charge < -0.3 is 5.32 Å². The largest absolute Gasteiger partial charge is 0.358 e. The fourth-order valence-electron chi connectivity index (χ4n) is 4.58. The van der Waals surface area contributed by atoms with Crippen LogP contribution >= 0.6 is 0 Å². The van der Waals surface area contributed by atoms with Crippen molar-refractivity contribution in [3.8, 4) is 0 Å². The lowest BCUT2D eigenvalue weighted by molar-refractivity contribution is -0.116. The van der Waals surface area contributed by atoms with Gasteiger partial charge in [0, 0.05) is 46.6 Å². The van der Waals surface area contributed by atoms with E-state index < -0.39 is 15.8 Å². The van der Waals surface area contributed by atoms with Gasteiger partial charge in [-0.2, -0.15) is 0 Å². The zero-order valence-electron chi connectivity index (χ0n) is 15.9. The molecule has 2 aromatic carbocycles. The molecule has 2 aliphatic carbocycles. The van der Waals surface area contributed by atoms with Gasteiger partial charge in [0.05, 0.1) is 10.6 Å². The van der Waals surface area contributed by atoms with Gasteiger partial charge in [0.15, 0.2) is 21.4 Å². The number of ketones is 2. The van der Waals surface area contributed by atoms with Crippen LogP contribution in [-0.2, 0) is 14.6 Å². The van der Waals surface area contributed by atoms with Crippen LogP contribution in [0.4, 0.5) is 0 Å². The van der Waals surface area contributed by atoms with Crippen molar-refractivity contribution in [1.29, 1.82) is 0 Å². The second-order valence-corrected chi connectivity index (χ2v) is 9.75. The summed E-state index contributed by atoms with van der Waals surface area (Å²) >= 11 is 0. The molecule has 3 aliphatic rings. The summed E-state index contributed by atoms with van der Waals surface area (Å²) in [5, 5.41) is 3.39. The summed E-state index contributed by atoms with van der Waals surface area (Å²) in [7, 11) is -3.33. The van der Waals surface area contributed by atoms with E-state index in [1.54, 1.807) is 24.3 Å². The Bertz CT molecular complexity index is 1250. The van der Waals surface area contributed by atoms with Crippen LogP contribution in [0, 0.1) is 0 Å². The van der Waals surface area contributed by atoms with Crippen molar-refractivity contribution in [2.45, 2.75) is 30.1 Å². The van der Waals surface area contributed by atoms with Crippen LogP contribution < -0.4 is 5.32 Å². The molecule has 0 amide bonds. The van der Waals surface area contributed by atoms with E-state index in [-0.39, 0.29) is 16.5 Å². The Labute approximate surface area is 169 Å². The summed E-state index contributed by atoms with van der Waals surface area (Å²) in [5.41, 5.74) is 5.12. The molecule has 146 valence electrons. The van der Waals surface area contributed by atoms with Crippen LogP contribution in [0.25, 0.3) is 5.70 Å². The first kappa shape index (κ1) is 18.1. The maximum atomic E-state index is 13.3. The molecule has 1 heterocycles. The van der Waals surface area contributed by atoms with E-state index >= 15 is 0 Å². The van der Waals surface area contributed by atoms with E-state index in [2.05, 4.69) is 5.32 Å². The summed E-state index contributed by atoms with van der Waals surface area (Å²) < 4.78 is 23.7. The number of fused-ring (bicyclic) bond motifs is 2. The highest BCUT2D eigenvalue weighted by Crippen LogP contribution is 2.48. The van der Waals surface area contributed by atoms with Gasteiger partial charge in [-0.05, 0) is 30.5 Å². The highest BCUT2D eigenvalue weighted by Gasteiger charge is 2.43. The molecule has 0 aromatic heterocycles. The van der Waals surface area contributed by atoms with Gasteiger partial charge in [-0.15, -0.1) is 0 Å². The highest BCUT2D eigenvalue weighted by molar-refractivity contribution is 7.90. The number of Topliss-reactive ketones (excluding diaryl/α,β-unsaturated/α-hetero) is 2. The van der Waals surface area contributed by atoms with E-state index in [9.17, 15) is 18.0 Å². The number of carbonyl (C=O) groups excluding carboxylic acids is 2. The Balaban J connectivity index is 1.72. The van der Waals surface area contributed by atoms with Crippen molar-refractivity contribution in [2.75, 3.05) is 6.26 Å². The fraction of sp³-hybridized carbons (Fsp3) is 0.217. The number of carbonyl (C=O) groups is 2.